The number of likely N-dealkylation sites (N-methyl/N-ethyl adjacent to an activating group) is 2. The van der Waals surface area contributed by atoms with Gasteiger partial charge in [0.05, 0.1) is 71.0 Å². The Kier molecular flexibility index (Phi) is 33.3. The van der Waals surface area contributed by atoms with E-state index in [0.717, 1.165) is 74.6 Å². The molecule has 2 aliphatic heterocycles. The molecule has 0 saturated carbocycles. The highest BCUT2D eigenvalue weighted by atomic mass is 35.5. The van der Waals surface area contributed by atoms with Gasteiger partial charge in [0.1, 0.15) is 17.3 Å². The third kappa shape index (κ3) is 27.8. The first-order valence-corrected chi connectivity index (χ1v) is 40.1. The number of hydrogen-bond donors (Lipinski definition) is 9. The molecule has 4 aromatic heterocycles. The molecule has 2 aliphatic rings. The number of anilines is 4. The van der Waals surface area contributed by atoms with Crippen LogP contribution in [-0.2, 0) is 46.2 Å². The average Bonchev–Trinajstić information content (AvgIpc) is 1.69. The molecule has 5 aromatic carbocycles. The van der Waals surface area contributed by atoms with Crippen LogP contribution in [0.1, 0.15) is 92.7 Å². The van der Waals surface area contributed by atoms with Crippen molar-refractivity contribution in [3.63, 3.8) is 0 Å². The van der Waals surface area contributed by atoms with E-state index in [9.17, 15) is 33.6 Å². The Balaban J connectivity index is 0.000000290. The Morgan fingerprint density at radius 2 is 1.18 bits per heavy atom. The van der Waals surface area contributed by atoms with Crippen LogP contribution in [0.5, 0.6) is 0 Å². The van der Waals surface area contributed by atoms with Crippen LogP contribution < -0.4 is 42.5 Å². The first-order chi connectivity index (χ1) is 54.7. The number of urea groups is 1. The average molecular weight is 1610 g/mol. The number of rotatable bonds is 39. The SMILES string of the molecule is CN(C/C=C/C(=O)Nc1ccc(C(=O)Nc2cccc(Cc3ncc(Cl)c(-c4c[nH]c5ccccc45)n3)c2)cc1)CCCNC(=O)NCCOCCOCCOCCNC(=O)CCCCC1SCC2CC(=O)NC21.Cc1nc(C)c(-c2nc(Cc3cccc(NC(=O)c4ccc(NC(=O)/C=C/CN(C)C)cc4)c3)ncc2Cl)s1. The summed E-state index contributed by atoms with van der Waals surface area (Å²) in [7, 11) is 5.79. The number of aromatic amines is 1. The van der Waals surface area contributed by atoms with Crippen molar-refractivity contribution in [2.45, 2.75) is 76.5 Å². The van der Waals surface area contributed by atoms with Crippen molar-refractivity contribution in [1.29, 1.82) is 0 Å². The van der Waals surface area contributed by atoms with Gasteiger partial charge in [-0.3, -0.25) is 28.8 Å². The zero-order valence-electron chi connectivity index (χ0n) is 64.0. The van der Waals surface area contributed by atoms with Crippen LogP contribution in [0.25, 0.3) is 32.7 Å². The zero-order chi connectivity index (χ0) is 79.9. The van der Waals surface area contributed by atoms with Gasteiger partial charge in [0.15, 0.2) is 0 Å². The first kappa shape index (κ1) is 85.2. The summed E-state index contributed by atoms with van der Waals surface area (Å²) in [6, 6.07) is 36.5. The molecular formula is C83H96Cl2N16O10S2. The summed E-state index contributed by atoms with van der Waals surface area (Å²) in [6.07, 6.45) is 17.3. The van der Waals surface area contributed by atoms with E-state index in [0.29, 0.717) is 189 Å². The molecule has 3 unspecified atom stereocenters. The van der Waals surface area contributed by atoms with Gasteiger partial charge in [0, 0.05) is 151 Å². The summed E-state index contributed by atoms with van der Waals surface area (Å²) in [5.74, 6) is 1.90. The smallest absolute Gasteiger partial charge is 0.314 e. The maximum absolute atomic E-state index is 13.2. The summed E-state index contributed by atoms with van der Waals surface area (Å²) >= 11 is 16.4. The highest BCUT2D eigenvalue weighted by Gasteiger charge is 2.42. The van der Waals surface area contributed by atoms with E-state index in [1.807, 2.05) is 136 Å². The Morgan fingerprint density at radius 3 is 1.78 bits per heavy atom. The number of amides is 8. The molecule has 0 bridgehead atoms. The molecule has 2 fully saturated rings. The summed E-state index contributed by atoms with van der Waals surface area (Å²) in [6.45, 7) is 9.53. The van der Waals surface area contributed by atoms with Crippen LogP contribution in [0.2, 0.25) is 10.0 Å². The Morgan fingerprint density at radius 1 is 0.611 bits per heavy atom. The number of benzene rings is 5. The third-order valence-corrected chi connectivity index (χ3v) is 21.3. The summed E-state index contributed by atoms with van der Waals surface area (Å²) < 4.78 is 16.6. The van der Waals surface area contributed by atoms with Gasteiger partial charge in [-0.15, -0.1) is 11.3 Å². The van der Waals surface area contributed by atoms with E-state index in [2.05, 4.69) is 62.5 Å². The molecule has 8 amide bonds. The topological polar surface area (TPSA) is 330 Å². The predicted molar refractivity (Wildman–Crippen MR) is 447 cm³/mol. The molecule has 0 aliphatic carbocycles. The van der Waals surface area contributed by atoms with Gasteiger partial charge in [-0.2, -0.15) is 11.8 Å². The number of aryl methyl sites for hydroxylation is 2. The number of para-hydroxylation sites is 1. The maximum Gasteiger partial charge on any atom is 0.314 e. The van der Waals surface area contributed by atoms with E-state index in [-0.39, 0.29) is 41.5 Å². The quantitative estimate of drug-likeness (QED) is 0.0128. The molecule has 30 heteroatoms. The van der Waals surface area contributed by atoms with Gasteiger partial charge in [-0.25, -0.2) is 29.7 Å². The van der Waals surface area contributed by atoms with Crippen molar-refractivity contribution < 1.29 is 47.8 Å². The monoisotopic (exact) mass is 1610 g/mol. The predicted octanol–water partition coefficient (Wildman–Crippen LogP) is 12.4. The molecule has 26 nitrogen and oxygen atoms in total. The second-order valence-electron chi connectivity index (χ2n) is 27.4. The maximum atomic E-state index is 13.2. The molecule has 9 aromatic rings. The van der Waals surface area contributed by atoms with Crippen LogP contribution in [0.3, 0.4) is 0 Å². The van der Waals surface area contributed by atoms with Gasteiger partial charge < -0.3 is 71.5 Å². The van der Waals surface area contributed by atoms with E-state index in [1.165, 1.54) is 12.2 Å². The first-order valence-electron chi connectivity index (χ1n) is 37.5. The van der Waals surface area contributed by atoms with Gasteiger partial charge >= 0.3 is 6.03 Å². The highest BCUT2D eigenvalue weighted by Crippen LogP contribution is 2.40. The number of carbonyl (C=O) groups excluding carboxylic acids is 7. The van der Waals surface area contributed by atoms with Crippen LogP contribution >= 0.6 is 46.3 Å². The lowest BCUT2D eigenvalue weighted by molar-refractivity contribution is -0.121. The fraction of sp³-hybridized carbons (Fsp3) is 0.349. The fourth-order valence-corrected chi connectivity index (χ4v) is 15.5. The second-order valence-corrected chi connectivity index (χ2v) is 30.7. The number of halogens is 2. The van der Waals surface area contributed by atoms with Crippen molar-refractivity contribution in [2.75, 3.05) is 127 Å². The lowest BCUT2D eigenvalue weighted by atomic mass is 9.97. The van der Waals surface area contributed by atoms with Gasteiger partial charge in [0.2, 0.25) is 23.6 Å². The third-order valence-electron chi connectivity index (χ3n) is 18.1. The number of thioether (sulfide) groups is 1. The molecule has 2 saturated heterocycles. The van der Waals surface area contributed by atoms with Crippen molar-refractivity contribution in [2.24, 2.45) is 5.92 Å². The van der Waals surface area contributed by atoms with Crippen molar-refractivity contribution in [3.8, 4) is 21.8 Å². The van der Waals surface area contributed by atoms with E-state index < -0.39 is 0 Å². The Bertz CT molecular complexity index is 4750. The summed E-state index contributed by atoms with van der Waals surface area (Å²) in [4.78, 5) is 118. The van der Waals surface area contributed by atoms with Gasteiger partial charge in [0.25, 0.3) is 11.8 Å². The number of nitrogens with zero attached hydrogens (tertiary/aromatic N) is 7. The minimum atomic E-state index is -0.293. The second kappa shape index (κ2) is 44.3. The van der Waals surface area contributed by atoms with Gasteiger partial charge in [-0.05, 0) is 162 Å². The summed E-state index contributed by atoms with van der Waals surface area (Å²) in [5, 5.41) is 26.5. The molecule has 9 N–H and O–H groups in total. The van der Waals surface area contributed by atoms with Crippen molar-refractivity contribution in [3.05, 3.63) is 219 Å². The molecule has 113 heavy (non-hydrogen) atoms. The number of carbonyl (C=O) groups is 7. The lowest BCUT2D eigenvalue weighted by Gasteiger charge is -2.17. The van der Waals surface area contributed by atoms with E-state index in [1.54, 1.807) is 84.4 Å². The highest BCUT2D eigenvalue weighted by molar-refractivity contribution is 8.00. The largest absolute Gasteiger partial charge is 0.377 e. The number of fused-ring (bicyclic) bond motifs is 2. The Hall–Kier alpha value is -10.3. The normalized spacial score (nSPS) is 14.4. The minimum absolute atomic E-state index is 0.0306. The molecule has 11 rings (SSSR count). The van der Waals surface area contributed by atoms with E-state index in [4.69, 9.17) is 47.4 Å². The molecule has 0 spiro atoms. The van der Waals surface area contributed by atoms with Crippen LogP contribution in [0, 0.1) is 19.8 Å². The van der Waals surface area contributed by atoms with Crippen LogP contribution in [0.15, 0.2) is 164 Å². The molecule has 594 valence electrons. The molecule has 6 heterocycles. The number of thiazole rings is 1. The number of unbranched alkanes of at least 4 members (excludes halogenated alkanes) is 1. The molecule has 0 radical (unpaired) electrons. The van der Waals surface area contributed by atoms with Crippen molar-refractivity contribution in [1.82, 2.24) is 61.0 Å². The van der Waals surface area contributed by atoms with E-state index >= 15 is 0 Å². The molecule has 3 atom stereocenters. The van der Waals surface area contributed by atoms with Gasteiger partial charge in [-0.1, -0.05) is 84.2 Å². The molecular weight excluding hydrogens is 1520 g/mol. The Labute approximate surface area is 676 Å². The minimum Gasteiger partial charge on any atom is -0.377 e. The lowest BCUT2D eigenvalue weighted by Crippen LogP contribution is -2.38. The number of aromatic nitrogens is 6. The fourth-order valence-electron chi connectivity index (χ4n) is 12.5. The van der Waals surface area contributed by atoms with Crippen LogP contribution in [-0.4, -0.2) is 198 Å². The number of hydrogen-bond acceptors (Lipinski definition) is 19. The van der Waals surface area contributed by atoms with Crippen LogP contribution in [0.4, 0.5) is 27.5 Å². The van der Waals surface area contributed by atoms with Crippen molar-refractivity contribution >= 4 is 121 Å². The zero-order valence-corrected chi connectivity index (χ0v) is 67.1. The summed E-state index contributed by atoms with van der Waals surface area (Å²) in [5.41, 5.74) is 9.32. The number of H-pyrrole nitrogens is 1. The number of ether oxygens (including phenoxy) is 3. The standard InChI is InChI=1S/C54H67ClN10O8S.C29H29ClN6O2S/c1-65(24-8-20-57-54(70)58-22-26-72-28-30-73-29-27-71-25-21-56-48(66)14-5-4-13-46-51-39(36-74-46)33-50(68)64-51)23-7-15-49(67)61-40-18-16-38(17-19-40)53(69)62-41-10-6-9-37(31-41)32-47-60-35-44(55)52(63-47)43-34-59-45-12-3-2-11-42(43)45;1-18-28(39-19(2)32-18)27-24(30)17-31-25(35-27)16-20-7-5-8-23(15-20)34-29(38)21-10-12-22(13-11-21)33-26(37)9-6-14-36(3)4/h2-3,6-7,9-12,15-19,31,34-35,39,46,51,59H,4-5,8,13-14,20-30,32-33,36H2,1H3,(H,56,66)(H,61,67)(H,62,69)(H,64,68)(H2,57,58,70);5-13,15,17H,14,16H2,1-4H3,(H,33,37)(H,34,38)/b15-7+;9-6+. The number of nitrogens with one attached hydrogen (secondary N) is 9.